The highest BCUT2D eigenvalue weighted by Crippen LogP contribution is 2.27. The number of carbonyl (C=O) groups is 1. The Morgan fingerprint density at radius 3 is 2.60 bits per heavy atom. The number of sulfonamides is 1. The van der Waals surface area contributed by atoms with E-state index in [9.17, 15) is 13.2 Å². The molecule has 0 N–H and O–H groups in total. The van der Waals surface area contributed by atoms with Crippen molar-refractivity contribution >= 4 is 55.3 Å². The van der Waals surface area contributed by atoms with Gasteiger partial charge in [-0.05, 0) is 12.1 Å². The van der Waals surface area contributed by atoms with Crippen LogP contribution in [0.4, 0.5) is 5.13 Å². The number of likely N-dealkylation sites (N-methyl/N-ethyl adjacent to an activating group) is 1. The summed E-state index contributed by atoms with van der Waals surface area (Å²) in [6, 6.07) is 2.99. The molecule has 7 nitrogen and oxygen atoms in total. The van der Waals surface area contributed by atoms with Gasteiger partial charge in [-0.25, -0.2) is 13.4 Å². The Kier molecular flexibility index (Phi) is 5.64. The molecule has 3 heterocycles. The monoisotopic (exact) mass is 420 g/mol. The van der Waals surface area contributed by atoms with Crippen LogP contribution in [-0.4, -0.2) is 68.3 Å². The Labute approximate surface area is 159 Å². The molecular formula is C14H17ClN4O3S3. The summed E-state index contributed by atoms with van der Waals surface area (Å²) >= 11 is 8.36. The highest BCUT2D eigenvalue weighted by molar-refractivity contribution is 7.91. The Hall–Kier alpha value is -1.20. The summed E-state index contributed by atoms with van der Waals surface area (Å²) in [5.41, 5.74) is 0. The molecule has 1 saturated heterocycles. The molecule has 0 spiro atoms. The summed E-state index contributed by atoms with van der Waals surface area (Å²) in [7, 11) is -2.29. The van der Waals surface area contributed by atoms with Gasteiger partial charge in [0.2, 0.25) is 5.91 Å². The molecule has 0 saturated carbocycles. The summed E-state index contributed by atoms with van der Waals surface area (Å²) < 4.78 is 26.5. The molecule has 11 heteroatoms. The summed E-state index contributed by atoms with van der Waals surface area (Å²) in [5.74, 6) is -0.201. The Balaban J connectivity index is 1.57. The van der Waals surface area contributed by atoms with Gasteiger partial charge >= 0.3 is 0 Å². The van der Waals surface area contributed by atoms with E-state index in [1.807, 2.05) is 5.38 Å². The van der Waals surface area contributed by atoms with Crippen LogP contribution in [0.5, 0.6) is 0 Å². The van der Waals surface area contributed by atoms with E-state index < -0.39 is 10.0 Å². The van der Waals surface area contributed by atoms with Crippen molar-refractivity contribution in [3.05, 3.63) is 28.0 Å². The van der Waals surface area contributed by atoms with Crippen molar-refractivity contribution in [2.24, 2.45) is 0 Å². The Morgan fingerprint density at radius 2 is 2.04 bits per heavy atom. The Bertz CT molecular complexity index is 829. The van der Waals surface area contributed by atoms with Gasteiger partial charge in [0.15, 0.2) is 5.13 Å². The number of hydrogen-bond acceptors (Lipinski definition) is 7. The van der Waals surface area contributed by atoms with E-state index in [0.717, 1.165) is 20.8 Å². The molecule has 0 atom stereocenters. The van der Waals surface area contributed by atoms with Crippen molar-refractivity contribution in [3.8, 4) is 0 Å². The number of aromatic nitrogens is 1. The molecule has 1 fully saturated rings. The first kappa shape index (κ1) is 18.6. The summed E-state index contributed by atoms with van der Waals surface area (Å²) in [6.45, 7) is 2.30. The fourth-order valence-electron chi connectivity index (χ4n) is 2.48. The predicted molar refractivity (Wildman–Crippen MR) is 100 cm³/mol. The van der Waals surface area contributed by atoms with Crippen LogP contribution in [0.2, 0.25) is 4.34 Å². The number of nitrogens with zero attached hydrogens (tertiary/aromatic N) is 4. The van der Waals surface area contributed by atoms with Crippen molar-refractivity contribution in [2.75, 3.05) is 44.7 Å². The zero-order chi connectivity index (χ0) is 18.0. The van der Waals surface area contributed by atoms with E-state index >= 15 is 0 Å². The topological polar surface area (TPSA) is 73.8 Å². The van der Waals surface area contributed by atoms with E-state index in [4.69, 9.17) is 11.6 Å². The van der Waals surface area contributed by atoms with Gasteiger partial charge in [0.05, 0.1) is 10.9 Å². The molecule has 3 rings (SSSR count). The van der Waals surface area contributed by atoms with Crippen LogP contribution in [-0.2, 0) is 14.8 Å². The minimum atomic E-state index is -3.70. The summed E-state index contributed by atoms with van der Waals surface area (Å²) in [4.78, 5) is 20.5. The molecule has 0 radical (unpaired) electrons. The van der Waals surface area contributed by atoms with Crippen LogP contribution < -0.4 is 4.90 Å². The lowest BCUT2D eigenvalue weighted by Crippen LogP contribution is -2.51. The molecule has 0 bridgehead atoms. The summed E-state index contributed by atoms with van der Waals surface area (Å²) in [6.07, 6.45) is 1.76. The number of anilines is 1. The van der Waals surface area contributed by atoms with E-state index in [2.05, 4.69) is 9.88 Å². The first-order valence-electron chi connectivity index (χ1n) is 7.52. The van der Waals surface area contributed by atoms with Gasteiger partial charge in [0.25, 0.3) is 10.0 Å². The van der Waals surface area contributed by atoms with Gasteiger partial charge in [-0.1, -0.05) is 11.6 Å². The van der Waals surface area contributed by atoms with E-state index in [-0.39, 0.29) is 16.7 Å². The van der Waals surface area contributed by atoms with Gasteiger partial charge in [-0.3, -0.25) is 4.79 Å². The molecular weight excluding hydrogens is 404 g/mol. The second-order valence-electron chi connectivity index (χ2n) is 5.50. The van der Waals surface area contributed by atoms with Crippen LogP contribution in [0.3, 0.4) is 0 Å². The molecule has 1 aliphatic rings. The van der Waals surface area contributed by atoms with Gasteiger partial charge in [0, 0.05) is 44.8 Å². The van der Waals surface area contributed by atoms with Crippen molar-refractivity contribution in [1.82, 2.24) is 14.2 Å². The third-order valence-electron chi connectivity index (χ3n) is 3.89. The zero-order valence-electron chi connectivity index (χ0n) is 13.5. The van der Waals surface area contributed by atoms with Crippen LogP contribution >= 0.6 is 34.3 Å². The van der Waals surface area contributed by atoms with Gasteiger partial charge in [0.1, 0.15) is 4.21 Å². The number of piperazine rings is 1. The fourth-order valence-corrected chi connectivity index (χ4v) is 6.00. The number of amides is 1. The minimum absolute atomic E-state index is 0.140. The van der Waals surface area contributed by atoms with E-state index in [0.29, 0.717) is 30.5 Å². The SMILES string of the molecule is CN(CC(=O)N1CCN(c2nccs2)CC1)S(=O)(=O)c1ccc(Cl)s1. The van der Waals surface area contributed by atoms with Crippen LogP contribution in [0.15, 0.2) is 27.9 Å². The maximum absolute atomic E-state index is 12.5. The summed E-state index contributed by atoms with van der Waals surface area (Å²) in [5, 5.41) is 2.87. The number of rotatable bonds is 5. The molecule has 1 amide bonds. The number of halogens is 1. The molecule has 0 aliphatic carbocycles. The number of carbonyl (C=O) groups excluding carboxylic acids is 1. The normalized spacial score (nSPS) is 15.8. The number of thiophene rings is 1. The average Bonchev–Trinajstić information content (AvgIpc) is 3.26. The third-order valence-corrected chi connectivity index (χ3v) is 8.23. The largest absolute Gasteiger partial charge is 0.345 e. The molecule has 25 heavy (non-hydrogen) atoms. The first-order chi connectivity index (χ1) is 11.9. The average molecular weight is 421 g/mol. The predicted octanol–water partition coefficient (Wildman–Crippen LogP) is 1.83. The molecule has 2 aromatic heterocycles. The minimum Gasteiger partial charge on any atom is -0.345 e. The third kappa shape index (κ3) is 4.14. The van der Waals surface area contributed by atoms with E-state index in [1.165, 1.54) is 19.2 Å². The second kappa shape index (κ2) is 7.58. The highest BCUT2D eigenvalue weighted by Gasteiger charge is 2.28. The number of thiazole rings is 1. The molecule has 136 valence electrons. The van der Waals surface area contributed by atoms with Crippen molar-refractivity contribution < 1.29 is 13.2 Å². The lowest BCUT2D eigenvalue weighted by atomic mass is 10.3. The van der Waals surface area contributed by atoms with Gasteiger partial charge in [-0.2, -0.15) is 4.31 Å². The maximum atomic E-state index is 12.5. The van der Waals surface area contributed by atoms with Crippen LogP contribution in [0.1, 0.15) is 0 Å². The number of hydrogen-bond donors (Lipinski definition) is 0. The zero-order valence-corrected chi connectivity index (χ0v) is 16.7. The second-order valence-corrected chi connectivity index (χ2v) is 10.4. The van der Waals surface area contributed by atoms with Crippen molar-refractivity contribution in [1.29, 1.82) is 0 Å². The maximum Gasteiger partial charge on any atom is 0.252 e. The highest BCUT2D eigenvalue weighted by atomic mass is 35.5. The molecule has 0 unspecified atom stereocenters. The van der Waals surface area contributed by atoms with Gasteiger partial charge < -0.3 is 9.80 Å². The Morgan fingerprint density at radius 1 is 1.32 bits per heavy atom. The van der Waals surface area contributed by atoms with E-state index in [1.54, 1.807) is 22.4 Å². The molecule has 0 aromatic carbocycles. The fraction of sp³-hybridized carbons (Fsp3) is 0.429. The lowest BCUT2D eigenvalue weighted by Gasteiger charge is -2.35. The smallest absolute Gasteiger partial charge is 0.252 e. The standard InChI is InChI=1S/C14H17ClN4O3S3/c1-17(25(21,22)13-3-2-11(15)24-13)10-12(20)18-5-7-19(8-6-18)14-16-4-9-23-14/h2-4,9H,5-8,10H2,1H3. The molecule has 2 aromatic rings. The first-order valence-corrected chi connectivity index (χ1v) is 11.0. The molecule has 1 aliphatic heterocycles. The van der Waals surface area contributed by atoms with Crippen molar-refractivity contribution in [2.45, 2.75) is 4.21 Å². The van der Waals surface area contributed by atoms with Gasteiger partial charge in [-0.15, -0.1) is 22.7 Å². The van der Waals surface area contributed by atoms with Crippen LogP contribution in [0.25, 0.3) is 0 Å². The van der Waals surface area contributed by atoms with Crippen molar-refractivity contribution in [3.63, 3.8) is 0 Å². The quantitative estimate of drug-likeness (QED) is 0.737. The lowest BCUT2D eigenvalue weighted by molar-refractivity contribution is -0.131. The van der Waals surface area contributed by atoms with Crippen LogP contribution in [0, 0.1) is 0 Å².